The molecular formula is C13H10N4O4. The number of nitrogens with zero attached hydrogens (tertiary/aromatic N) is 4. The number of carbonyl (C=O) groups is 3. The average Bonchev–Trinajstić information content (AvgIpc) is 3.07. The Morgan fingerprint density at radius 2 is 1.81 bits per heavy atom. The van der Waals surface area contributed by atoms with Crippen molar-refractivity contribution in [1.82, 2.24) is 20.1 Å². The summed E-state index contributed by atoms with van der Waals surface area (Å²) in [6, 6.07) is 6.25. The number of hydrogen-bond acceptors (Lipinski definition) is 6. The van der Waals surface area contributed by atoms with Crippen LogP contribution in [0.4, 0.5) is 0 Å². The highest BCUT2D eigenvalue weighted by Crippen LogP contribution is 2.23. The number of hydroxylamine groups is 2. The summed E-state index contributed by atoms with van der Waals surface area (Å²) in [5.74, 6) is -2.26. The van der Waals surface area contributed by atoms with E-state index in [0.29, 0.717) is 11.6 Å². The van der Waals surface area contributed by atoms with Crippen molar-refractivity contribution >= 4 is 17.8 Å². The van der Waals surface area contributed by atoms with E-state index in [4.69, 9.17) is 4.84 Å². The number of amides is 2. The average molecular weight is 286 g/mol. The van der Waals surface area contributed by atoms with Gasteiger partial charge in [-0.3, -0.25) is 14.3 Å². The molecule has 2 amide bonds. The number of rotatable bonds is 3. The van der Waals surface area contributed by atoms with Gasteiger partial charge in [-0.15, -0.1) is 5.10 Å². The van der Waals surface area contributed by atoms with E-state index >= 15 is 0 Å². The van der Waals surface area contributed by atoms with Crippen molar-refractivity contribution in [2.24, 2.45) is 0 Å². The zero-order valence-corrected chi connectivity index (χ0v) is 11.0. The van der Waals surface area contributed by atoms with Gasteiger partial charge in [-0.1, -0.05) is 22.4 Å². The predicted octanol–water partition coefficient (Wildman–Crippen LogP) is 0.666. The summed E-state index contributed by atoms with van der Waals surface area (Å²) in [5.41, 5.74) is 0.327. The Morgan fingerprint density at radius 3 is 2.33 bits per heavy atom. The number of fused-ring (bicyclic) bond motifs is 1. The fourth-order valence-corrected chi connectivity index (χ4v) is 1.93. The Bertz CT molecular complexity index is 717. The minimum atomic E-state index is -0.913. The van der Waals surface area contributed by atoms with Crippen molar-refractivity contribution < 1.29 is 19.2 Å². The van der Waals surface area contributed by atoms with E-state index in [-0.39, 0.29) is 16.8 Å². The number of carbonyl (C=O) groups excluding carboxylic acids is 3. The van der Waals surface area contributed by atoms with Gasteiger partial charge in [0.1, 0.15) is 0 Å². The van der Waals surface area contributed by atoms with Gasteiger partial charge in [0.15, 0.2) is 5.69 Å². The first-order valence-electron chi connectivity index (χ1n) is 6.22. The molecule has 0 spiro atoms. The van der Waals surface area contributed by atoms with Crippen LogP contribution >= 0.6 is 0 Å². The largest absolute Gasteiger partial charge is 0.385 e. The Balaban J connectivity index is 1.82. The SMILES string of the molecule is CCn1cc(C(=O)ON2C(=O)c3ccccc3C2=O)nn1. The number of aryl methyl sites for hydroxylation is 1. The van der Waals surface area contributed by atoms with Crippen LogP contribution in [-0.4, -0.2) is 37.8 Å². The maximum Gasteiger partial charge on any atom is 0.385 e. The summed E-state index contributed by atoms with van der Waals surface area (Å²) >= 11 is 0. The second kappa shape index (κ2) is 4.82. The highest BCUT2D eigenvalue weighted by molar-refractivity contribution is 6.21. The summed E-state index contributed by atoms with van der Waals surface area (Å²) in [6.45, 7) is 2.36. The Labute approximate surface area is 118 Å². The monoisotopic (exact) mass is 286 g/mol. The van der Waals surface area contributed by atoms with Gasteiger partial charge in [-0.2, -0.15) is 0 Å². The van der Waals surface area contributed by atoms with Crippen LogP contribution in [0.25, 0.3) is 0 Å². The molecule has 0 aliphatic carbocycles. The van der Waals surface area contributed by atoms with Gasteiger partial charge in [-0.25, -0.2) is 4.79 Å². The lowest BCUT2D eigenvalue weighted by molar-refractivity contribution is -0.0588. The minimum absolute atomic E-state index is 0.0755. The maximum atomic E-state index is 12.0. The molecule has 0 saturated heterocycles. The summed E-state index contributed by atoms with van der Waals surface area (Å²) in [4.78, 5) is 40.8. The van der Waals surface area contributed by atoms with E-state index in [1.54, 1.807) is 12.1 Å². The molecule has 2 heterocycles. The lowest BCUT2D eigenvalue weighted by atomic mass is 10.1. The van der Waals surface area contributed by atoms with Crippen LogP contribution in [0.5, 0.6) is 0 Å². The standard InChI is InChI=1S/C13H10N4O4/c1-2-16-7-10(14-15-16)13(20)21-17-11(18)8-5-3-4-6-9(8)12(17)19/h3-7H,2H2,1H3. The molecule has 3 rings (SSSR count). The van der Waals surface area contributed by atoms with E-state index in [2.05, 4.69) is 10.3 Å². The van der Waals surface area contributed by atoms with E-state index in [9.17, 15) is 14.4 Å². The molecule has 1 aliphatic rings. The van der Waals surface area contributed by atoms with Crippen LogP contribution in [-0.2, 0) is 11.4 Å². The quantitative estimate of drug-likeness (QED) is 0.769. The van der Waals surface area contributed by atoms with Gasteiger partial charge in [0.25, 0.3) is 11.8 Å². The molecule has 1 aromatic heterocycles. The van der Waals surface area contributed by atoms with Crippen molar-refractivity contribution in [2.75, 3.05) is 0 Å². The van der Waals surface area contributed by atoms with Crippen LogP contribution in [0.1, 0.15) is 38.1 Å². The zero-order valence-electron chi connectivity index (χ0n) is 11.0. The van der Waals surface area contributed by atoms with E-state index in [1.807, 2.05) is 6.92 Å². The molecule has 1 aliphatic heterocycles. The number of aromatic nitrogens is 3. The lowest BCUT2D eigenvalue weighted by Gasteiger charge is -2.11. The summed E-state index contributed by atoms with van der Waals surface area (Å²) < 4.78 is 1.43. The summed E-state index contributed by atoms with van der Waals surface area (Å²) in [7, 11) is 0. The molecular weight excluding hydrogens is 276 g/mol. The van der Waals surface area contributed by atoms with Gasteiger partial charge < -0.3 is 4.84 Å². The van der Waals surface area contributed by atoms with Crippen LogP contribution in [0.15, 0.2) is 30.5 Å². The van der Waals surface area contributed by atoms with Crippen molar-refractivity contribution in [3.8, 4) is 0 Å². The molecule has 106 valence electrons. The molecule has 0 N–H and O–H groups in total. The fourth-order valence-electron chi connectivity index (χ4n) is 1.93. The van der Waals surface area contributed by atoms with Crippen LogP contribution in [0, 0.1) is 0 Å². The minimum Gasteiger partial charge on any atom is -0.322 e. The number of benzene rings is 1. The van der Waals surface area contributed by atoms with Crippen LogP contribution in [0.2, 0.25) is 0 Å². The Morgan fingerprint density at radius 1 is 1.19 bits per heavy atom. The molecule has 0 atom stereocenters. The van der Waals surface area contributed by atoms with E-state index < -0.39 is 17.8 Å². The van der Waals surface area contributed by atoms with Crippen molar-refractivity contribution in [2.45, 2.75) is 13.5 Å². The zero-order chi connectivity index (χ0) is 15.0. The summed E-state index contributed by atoms with van der Waals surface area (Å²) in [6.07, 6.45) is 1.38. The third-order valence-electron chi connectivity index (χ3n) is 3.00. The molecule has 0 radical (unpaired) electrons. The fraction of sp³-hybridized carbons (Fsp3) is 0.154. The van der Waals surface area contributed by atoms with Crippen molar-refractivity contribution in [3.05, 3.63) is 47.3 Å². The van der Waals surface area contributed by atoms with Crippen LogP contribution < -0.4 is 0 Å². The molecule has 0 fully saturated rings. The normalized spacial score (nSPS) is 13.5. The predicted molar refractivity (Wildman–Crippen MR) is 68.1 cm³/mol. The topological polar surface area (TPSA) is 94.4 Å². The molecule has 0 bridgehead atoms. The first-order valence-corrected chi connectivity index (χ1v) is 6.22. The highest BCUT2D eigenvalue weighted by Gasteiger charge is 2.39. The van der Waals surface area contributed by atoms with Gasteiger partial charge in [0.2, 0.25) is 0 Å². The van der Waals surface area contributed by atoms with Gasteiger partial charge in [0.05, 0.1) is 17.3 Å². The summed E-state index contributed by atoms with van der Waals surface area (Å²) in [5, 5.41) is 7.75. The highest BCUT2D eigenvalue weighted by atomic mass is 16.7. The second-order valence-electron chi connectivity index (χ2n) is 4.29. The van der Waals surface area contributed by atoms with Gasteiger partial charge in [-0.05, 0) is 19.1 Å². The van der Waals surface area contributed by atoms with Crippen molar-refractivity contribution in [1.29, 1.82) is 0 Å². The molecule has 8 nitrogen and oxygen atoms in total. The van der Waals surface area contributed by atoms with Gasteiger partial charge in [0, 0.05) is 6.54 Å². The van der Waals surface area contributed by atoms with Crippen LogP contribution in [0.3, 0.4) is 0 Å². The lowest BCUT2D eigenvalue weighted by Crippen LogP contribution is -2.32. The Kier molecular flexibility index (Phi) is 2.98. The number of hydrogen-bond donors (Lipinski definition) is 0. The molecule has 21 heavy (non-hydrogen) atoms. The van der Waals surface area contributed by atoms with E-state index in [1.165, 1.54) is 23.0 Å². The molecule has 0 saturated carbocycles. The van der Waals surface area contributed by atoms with Gasteiger partial charge >= 0.3 is 5.97 Å². The third-order valence-corrected chi connectivity index (χ3v) is 3.00. The molecule has 0 unspecified atom stereocenters. The van der Waals surface area contributed by atoms with E-state index in [0.717, 1.165) is 0 Å². The third kappa shape index (κ3) is 2.06. The number of imide groups is 1. The Hall–Kier alpha value is -3.03. The maximum absolute atomic E-state index is 12.0. The van der Waals surface area contributed by atoms with Crippen molar-refractivity contribution in [3.63, 3.8) is 0 Å². The smallest absolute Gasteiger partial charge is 0.322 e. The molecule has 1 aromatic carbocycles. The molecule has 2 aromatic rings. The first-order chi connectivity index (χ1) is 10.1. The molecule has 8 heteroatoms. The second-order valence-corrected chi connectivity index (χ2v) is 4.29. The first kappa shape index (κ1) is 13.0.